The molecule has 0 spiro atoms. The number of carbonyl (C=O) groups is 8. The van der Waals surface area contributed by atoms with Gasteiger partial charge in [-0.3, -0.25) is 58.0 Å². The molecule has 5 aliphatic carbocycles. The predicted molar refractivity (Wildman–Crippen MR) is 422 cm³/mol. The summed E-state index contributed by atoms with van der Waals surface area (Å²) < 4.78 is 32.8. The van der Waals surface area contributed by atoms with E-state index in [1.54, 1.807) is 38.5 Å². The summed E-state index contributed by atoms with van der Waals surface area (Å²) in [7, 11) is 3.18. The zero-order valence-electron chi connectivity index (χ0n) is 64.8. The van der Waals surface area contributed by atoms with E-state index in [-0.39, 0.29) is 126 Å². The molecular formula is C76H123N15O18S2. The van der Waals surface area contributed by atoms with Gasteiger partial charge in [0, 0.05) is 179 Å². The number of ether oxygens (including phenoxy) is 6. The van der Waals surface area contributed by atoms with Crippen LogP contribution in [0.25, 0.3) is 0 Å². The molecule has 8 bridgehead atoms. The fourth-order valence-corrected chi connectivity index (χ4v) is 14.9. The molecule has 7 aliphatic rings. The first-order chi connectivity index (χ1) is 53.9. The molecule has 35 heteroatoms. The lowest BCUT2D eigenvalue weighted by atomic mass is 9.84. The van der Waals surface area contributed by atoms with E-state index in [9.17, 15) is 58.8 Å². The number of hydrogen-bond acceptors (Lipinski definition) is 25. The second kappa shape index (κ2) is 52.0. The number of allylic oxidation sites excluding steroid dienone is 4. The van der Waals surface area contributed by atoms with Crippen LogP contribution >= 0.6 is 24.4 Å². The van der Waals surface area contributed by atoms with Crippen molar-refractivity contribution in [2.24, 2.45) is 28.7 Å². The van der Waals surface area contributed by atoms with Crippen LogP contribution in [-0.2, 0) is 66.8 Å². The highest BCUT2D eigenvalue weighted by molar-refractivity contribution is 7.80. The Kier molecular flexibility index (Phi) is 42.9. The Hall–Kier alpha value is -6.61. The highest BCUT2D eigenvalue weighted by atomic mass is 32.1. The van der Waals surface area contributed by atoms with E-state index in [0.29, 0.717) is 181 Å². The van der Waals surface area contributed by atoms with Crippen LogP contribution in [0.2, 0.25) is 0 Å². The molecule has 14 N–H and O–H groups in total. The average Bonchev–Trinajstić information content (AvgIpc) is 0.843. The molecule has 2 aliphatic heterocycles. The number of thiocarbonyl (C=S) groups is 2. The Morgan fingerprint density at radius 2 is 0.820 bits per heavy atom. The number of nitrogens with zero attached hydrogens (tertiary/aromatic N) is 5. The molecule has 2 heterocycles. The van der Waals surface area contributed by atoms with Gasteiger partial charge in [-0.1, -0.05) is 36.5 Å². The molecule has 0 aromatic carbocycles. The van der Waals surface area contributed by atoms with Gasteiger partial charge in [0.05, 0.1) is 125 Å². The minimum Gasteiger partial charge on any atom is -0.387 e. The maximum Gasteiger partial charge on any atom is 0.249 e. The van der Waals surface area contributed by atoms with E-state index >= 15 is 0 Å². The quantitative estimate of drug-likeness (QED) is 0.0167. The van der Waals surface area contributed by atoms with Crippen molar-refractivity contribution >= 4 is 82.0 Å². The van der Waals surface area contributed by atoms with Crippen molar-refractivity contribution in [3.8, 4) is 0 Å². The minimum atomic E-state index is -1.45. The number of methoxy groups -OCH3 is 2. The zero-order valence-corrected chi connectivity index (χ0v) is 66.4. The van der Waals surface area contributed by atoms with Crippen LogP contribution in [0.4, 0.5) is 0 Å². The predicted octanol–water partition coefficient (Wildman–Crippen LogP) is -2.51. The van der Waals surface area contributed by atoms with Crippen molar-refractivity contribution in [3.63, 3.8) is 0 Å². The SMILES string of the molecule is COCCOCCOCCN1CCNC(=O)C2CCC=C(C(=O)NCCN(CCN3CCNC(=O)C4=CCC[C@@H](C(=O)NCCN(CCOCCOCCOC)CCNC(=O)C5CCC=C(C(=O)NC(CCCCNC(=S)N[C@@H]6C=C[C@H](N=C=S)CC6)C3)[C@H]5O)C4O)CCNC(=O)C3=CCC[C@@H](C(=O)NCC1)C3O)[C@H]2O. The first-order valence-corrected chi connectivity index (χ1v) is 40.5. The van der Waals surface area contributed by atoms with Crippen molar-refractivity contribution in [2.75, 3.05) is 211 Å². The molecule has 2 fully saturated rings. The van der Waals surface area contributed by atoms with E-state index in [0.717, 1.165) is 12.8 Å². The molecule has 5 unspecified atom stereocenters. The molecule has 7 rings (SSSR count). The summed E-state index contributed by atoms with van der Waals surface area (Å²) in [6, 6.07) is -0.635. The van der Waals surface area contributed by atoms with Gasteiger partial charge in [-0.15, -0.1) is 0 Å². The van der Waals surface area contributed by atoms with E-state index in [1.807, 2.05) is 31.8 Å². The van der Waals surface area contributed by atoms with Crippen molar-refractivity contribution in [2.45, 2.75) is 126 Å². The average molecular weight is 1600 g/mol. The smallest absolute Gasteiger partial charge is 0.249 e. The number of aliphatic imine (C=N–C) groups is 1. The van der Waals surface area contributed by atoms with Gasteiger partial charge in [0.25, 0.3) is 0 Å². The minimum absolute atomic E-state index is 0.000665. The van der Waals surface area contributed by atoms with Crippen LogP contribution in [0.3, 0.4) is 0 Å². The Balaban J connectivity index is 1.10. The number of rotatable bonds is 28. The van der Waals surface area contributed by atoms with E-state index in [1.165, 1.54) is 0 Å². The zero-order chi connectivity index (χ0) is 79.5. The highest BCUT2D eigenvalue weighted by Gasteiger charge is 2.40. The number of isothiocyanates is 1. The molecule has 11 atom stereocenters. The molecule has 0 aromatic heterocycles. The largest absolute Gasteiger partial charge is 0.387 e. The third kappa shape index (κ3) is 32.3. The molecular weight excluding hydrogens is 1480 g/mol. The summed E-state index contributed by atoms with van der Waals surface area (Å²) in [4.78, 5) is 125. The van der Waals surface area contributed by atoms with Gasteiger partial charge in [-0.25, -0.2) is 4.99 Å². The number of carbonyl (C=O) groups excluding carboxylic acids is 8. The second-order valence-electron chi connectivity index (χ2n) is 28.8. The molecule has 111 heavy (non-hydrogen) atoms. The lowest BCUT2D eigenvalue weighted by Gasteiger charge is -2.33. The van der Waals surface area contributed by atoms with E-state index in [2.05, 4.69) is 63.3 Å². The summed E-state index contributed by atoms with van der Waals surface area (Å²) in [5.41, 5.74) is 0.219. The van der Waals surface area contributed by atoms with Crippen LogP contribution in [0.1, 0.15) is 83.5 Å². The lowest BCUT2D eigenvalue weighted by molar-refractivity contribution is -0.130. The lowest BCUT2D eigenvalue weighted by Crippen LogP contribution is -2.51. The molecule has 622 valence electrons. The first-order valence-electron chi connectivity index (χ1n) is 39.7. The maximum absolute atomic E-state index is 14.8. The van der Waals surface area contributed by atoms with Gasteiger partial charge in [-0.2, -0.15) is 0 Å². The number of hydrogen-bond donors (Lipinski definition) is 14. The maximum atomic E-state index is 14.8. The topological polar surface area (TPSA) is 418 Å². The van der Waals surface area contributed by atoms with Gasteiger partial charge >= 0.3 is 0 Å². The van der Waals surface area contributed by atoms with Gasteiger partial charge in [0.1, 0.15) is 0 Å². The van der Waals surface area contributed by atoms with Gasteiger partial charge in [0.15, 0.2) is 5.11 Å². The third-order valence-corrected chi connectivity index (χ3v) is 21.4. The number of aliphatic hydroxyl groups is 4. The van der Waals surface area contributed by atoms with Crippen molar-refractivity contribution < 1.29 is 87.2 Å². The van der Waals surface area contributed by atoms with Crippen LogP contribution in [0.15, 0.2) is 63.7 Å². The van der Waals surface area contributed by atoms with Crippen molar-refractivity contribution in [3.05, 3.63) is 58.7 Å². The molecule has 8 amide bonds. The Morgan fingerprint density at radius 3 is 1.21 bits per heavy atom. The van der Waals surface area contributed by atoms with Gasteiger partial charge in [-0.05, 0) is 108 Å². The molecule has 2 saturated heterocycles. The Bertz CT molecular complexity index is 3110. The van der Waals surface area contributed by atoms with Crippen LogP contribution in [-0.4, -0.2) is 351 Å². The third-order valence-electron chi connectivity index (χ3n) is 21.0. The van der Waals surface area contributed by atoms with Crippen molar-refractivity contribution in [1.29, 1.82) is 0 Å². The normalized spacial score (nSPS) is 27.3. The fraction of sp³-hybridized carbons (Fsp3) is 0.737. The number of aliphatic hydroxyl groups excluding tert-OH is 4. The second-order valence-corrected chi connectivity index (χ2v) is 29.4. The highest BCUT2D eigenvalue weighted by Crippen LogP contribution is 2.30. The Morgan fingerprint density at radius 1 is 0.459 bits per heavy atom. The van der Waals surface area contributed by atoms with E-state index < -0.39 is 101 Å². The van der Waals surface area contributed by atoms with Crippen LogP contribution < -0.4 is 53.2 Å². The summed E-state index contributed by atoms with van der Waals surface area (Å²) in [5.74, 6) is -7.65. The molecule has 0 radical (unpaired) electrons. The molecule has 0 aromatic rings. The van der Waals surface area contributed by atoms with Gasteiger partial charge < -0.3 is 102 Å². The monoisotopic (exact) mass is 1600 g/mol. The summed E-state index contributed by atoms with van der Waals surface area (Å²) in [5, 5.41) is 80.6. The number of fused-ring (bicyclic) bond motifs is 8. The van der Waals surface area contributed by atoms with Gasteiger partial charge in [0.2, 0.25) is 47.3 Å². The Labute approximate surface area is 663 Å². The molecule has 33 nitrogen and oxygen atoms in total. The number of amides is 8. The van der Waals surface area contributed by atoms with Crippen LogP contribution in [0, 0.1) is 23.7 Å². The summed E-state index contributed by atoms with van der Waals surface area (Å²) >= 11 is 10.5. The first kappa shape index (κ1) is 91.6. The number of unbranched alkanes of at least 4 members (excludes halogenated alkanes) is 1. The van der Waals surface area contributed by atoms with Crippen molar-refractivity contribution in [1.82, 2.24) is 72.8 Å². The standard InChI is InChI=1S/C76H123N15O18S2/c1-104-43-45-108-49-47-106-41-39-89-32-25-79-70(98)58-12-5-10-56(64(58)92)68(96)77-23-30-88(31-24-78-69(97)57-11-6-13-59(65(57)93)71(99)80-26-33-89)37-38-91-36-29-83-73(101)61-15-7-14-60(66(61)94)72(100)81-27-34-90(40-42-107-48-50-109-46-44-105-2)35-28-82-74(102)62-16-8-17-63(67(62)95)75(103)86-55(51-91)9-3-4-22-84-76(111)87-54-20-18-53(19-21-54)85-52-110/h10-11,15,17-18,20,53-55,58-60,62,64-67,92-95H,3-9,12-14,16,19,21-51H2,1-2H3,(H,77,96)(H,78,97)(H,79,98)(H,80,99)(H,81,100)(H,82,102)(H,83,101)(H,86,103)(H2,84,87,111)/t53-,54+,55?,58+,59?,60+,62?,64?,65+,66?,67-/m0/s1. The number of nitrogens with one attached hydrogen (secondary N) is 10. The fourth-order valence-electron chi connectivity index (χ4n) is 14.5. The van der Waals surface area contributed by atoms with E-state index in [4.69, 9.17) is 52.9 Å². The summed E-state index contributed by atoms with van der Waals surface area (Å²) in [6.07, 6.45) is 10.7. The molecule has 0 saturated carbocycles. The van der Waals surface area contributed by atoms with Crippen LogP contribution in [0.5, 0.6) is 0 Å². The summed E-state index contributed by atoms with van der Waals surface area (Å²) in [6.45, 7) is 8.73.